The Labute approximate surface area is 185 Å². The minimum Gasteiger partial charge on any atom is -0.495 e. The van der Waals surface area contributed by atoms with Gasteiger partial charge < -0.3 is 15.0 Å². The summed E-state index contributed by atoms with van der Waals surface area (Å²) < 4.78 is 6.90. The fourth-order valence-corrected chi connectivity index (χ4v) is 5.43. The lowest BCUT2D eigenvalue weighted by Gasteiger charge is -2.21. The number of ether oxygens (including phenoxy) is 1. The van der Waals surface area contributed by atoms with Crippen LogP contribution >= 0.6 is 11.3 Å². The maximum absolute atomic E-state index is 13.7. The van der Waals surface area contributed by atoms with Gasteiger partial charge in [0, 0.05) is 4.88 Å². The zero-order valence-corrected chi connectivity index (χ0v) is 19.2. The molecule has 3 aromatic rings. The molecule has 4 rings (SSSR count). The number of para-hydroxylation sites is 2. The molecule has 164 valence electrons. The van der Waals surface area contributed by atoms with Crippen LogP contribution in [0.25, 0.3) is 10.2 Å². The predicted molar refractivity (Wildman–Crippen MR) is 124 cm³/mol. The highest BCUT2D eigenvalue weighted by atomic mass is 32.1. The lowest BCUT2D eigenvalue weighted by Crippen LogP contribution is -2.36. The Kier molecular flexibility index (Phi) is 6.11. The number of rotatable bonds is 6. The Hall–Kier alpha value is -2.71. The number of carbonyl (C=O) groups is 1. The minimum absolute atomic E-state index is 0.121. The minimum atomic E-state index is -0.719. The van der Waals surface area contributed by atoms with Crippen molar-refractivity contribution in [3.63, 3.8) is 0 Å². The van der Waals surface area contributed by atoms with Crippen molar-refractivity contribution in [1.82, 2.24) is 14.5 Å². The SMILES string of the molecule is COc1ccccc1NC(=O)C(C)n1c(CN(C)C)nc2sc3c(c2c1=O)CCCC3. The van der Waals surface area contributed by atoms with Crippen LogP contribution in [0.2, 0.25) is 0 Å². The van der Waals surface area contributed by atoms with E-state index in [1.807, 2.05) is 31.1 Å². The summed E-state index contributed by atoms with van der Waals surface area (Å²) in [6, 6.07) is 6.52. The monoisotopic (exact) mass is 440 g/mol. The Morgan fingerprint density at radius 1 is 1.29 bits per heavy atom. The molecule has 1 N–H and O–H groups in total. The van der Waals surface area contributed by atoms with Crippen molar-refractivity contribution < 1.29 is 9.53 Å². The molecule has 2 aromatic heterocycles. The number of methoxy groups -OCH3 is 1. The van der Waals surface area contributed by atoms with Crippen LogP contribution in [0, 0.1) is 0 Å². The molecule has 8 heteroatoms. The van der Waals surface area contributed by atoms with Gasteiger partial charge in [0.25, 0.3) is 5.56 Å². The van der Waals surface area contributed by atoms with Crippen LogP contribution in [0.5, 0.6) is 5.75 Å². The van der Waals surface area contributed by atoms with Gasteiger partial charge >= 0.3 is 0 Å². The summed E-state index contributed by atoms with van der Waals surface area (Å²) in [6.07, 6.45) is 4.14. The van der Waals surface area contributed by atoms with Crippen molar-refractivity contribution in [2.45, 2.75) is 45.2 Å². The summed E-state index contributed by atoms with van der Waals surface area (Å²) in [5.74, 6) is 0.894. The average molecular weight is 441 g/mol. The van der Waals surface area contributed by atoms with Crippen LogP contribution in [0.15, 0.2) is 29.1 Å². The average Bonchev–Trinajstić information content (AvgIpc) is 3.12. The molecule has 0 aliphatic heterocycles. The van der Waals surface area contributed by atoms with E-state index in [1.54, 1.807) is 42.1 Å². The molecule has 7 nitrogen and oxygen atoms in total. The molecule has 1 aliphatic rings. The molecule has 0 fully saturated rings. The number of nitrogens with one attached hydrogen (secondary N) is 1. The summed E-state index contributed by atoms with van der Waals surface area (Å²) in [5, 5.41) is 3.60. The molecular formula is C23H28N4O3S. The number of carbonyl (C=O) groups excluding carboxylic acids is 1. The van der Waals surface area contributed by atoms with Gasteiger partial charge in [-0.2, -0.15) is 0 Å². The highest BCUT2D eigenvalue weighted by Crippen LogP contribution is 2.34. The second-order valence-electron chi connectivity index (χ2n) is 8.20. The maximum Gasteiger partial charge on any atom is 0.263 e. The molecule has 0 spiro atoms. The highest BCUT2D eigenvalue weighted by molar-refractivity contribution is 7.18. The molecule has 1 amide bonds. The molecule has 1 aromatic carbocycles. The summed E-state index contributed by atoms with van der Waals surface area (Å²) in [5.41, 5.74) is 1.58. The van der Waals surface area contributed by atoms with Crippen molar-refractivity contribution in [3.05, 3.63) is 50.9 Å². The molecule has 31 heavy (non-hydrogen) atoms. The zero-order valence-electron chi connectivity index (χ0n) is 18.4. The standard InChI is InChI=1S/C23H28N4O3S/c1-14(21(28)24-16-10-6-7-11-17(16)30-4)27-19(13-26(2)3)25-22-20(23(27)29)15-9-5-8-12-18(15)31-22/h6-7,10-11,14H,5,8-9,12-13H2,1-4H3,(H,24,28). The van der Waals surface area contributed by atoms with Gasteiger partial charge in [-0.05, 0) is 64.4 Å². The number of hydrogen-bond acceptors (Lipinski definition) is 6. The normalized spacial score (nSPS) is 14.5. The first kappa shape index (κ1) is 21.5. The van der Waals surface area contributed by atoms with Crippen LogP contribution in [0.3, 0.4) is 0 Å². The van der Waals surface area contributed by atoms with E-state index in [0.717, 1.165) is 36.1 Å². The summed E-state index contributed by atoms with van der Waals surface area (Å²) in [6.45, 7) is 2.22. The highest BCUT2D eigenvalue weighted by Gasteiger charge is 2.26. The Bertz CT molecular complexity index is 1180. The lowest BCUT2D eigenvalue weighted by molar-refractivity contribution is -0.119. The van der Waals surface area contributed by atoms with Crippen LogP contribution in [0.4, 0.5) is 5.69 Å². The van der Waals surface area contributed by atoms with Crippen LogP contribution in [-0.4, -0.2) is 41.6 Å². The molecule has 1 unspecified atom stereocenters. The number of benzene rings is 1. The Morgan fingerprint density at radius 3 is 2.77 bits per heavy atom. The van der Waals surface area contributed by atoms with E-state index in [9.17, 15) is 9.59 Å². The molecule has 0 radical (unpaired) electrons. The van der Waals surface area contributed by atoms with Crippen molar-refractivity contribution in [2.24, 2.45) is 0 Å². The van der Waals surface area contributed by atoms with E-state index in [2.05, 4.69) is 5.32 Å². The molecule has 1 atom stereocenters. The van der Waals surface area contributed by atoms with Gasteiger partial charge in [-0.25, -0.2) is 4.98 Å². The number of aryl methyl sites for hydroxylation is 2. The van der Waals surface area contributed by atoms with Crippen LogP contribution in [-0.2, 0) is 24.2 Å². The third kappa shape index (κ3) is 4.09. The van der Waals surface area contributed by atoms with Gasteiger partial charge in [0.05, 0.1) is 24.7 Å². The van der Waals surface area contributed by atoms with Gasteiger partial charge in [0.2, 0.25) is 5.91 Å². The van der Waals surface area contributed by atoms with Crippen LogP contribution in [0.1, 0.15) is 42.1 Å². The van der Waals surface area contributed by atoms with Crippen molar-refractivity contribution in [2.75, 3.05) is 26.5 Å². The number of nitrogens with zero attached hydrogens (tertiary/aromatic N) is 3. The quantitative estimate of drug-likeness (QED) is 0.634. The smallest absolute Gasteiger partial charge is 0.263 e. The van der Waals surface area contributed by atoms with Crippen molar-refractivity contribution in [1.29, 1.82) is 0 Å². The Balaban J connectivity index is 1.79. The first-order valence-corrected chi connectivity index (χ1v) is 11.4. The van der Waals surface area contributed by atoms with E-state index < -0.39 is 6.04 Å². The van der Waals surface area contributed by atoms with Gasteiger partial charge in [-0.1, -0.05) is 12.1 Å². The molecule has 1 aliphatic carbocycles. The number of amides is 1. The van der Waals surface area contributed by atoms with E-state index in [4.69, 9.17) is 9.72 Å². The van der Waals surface area contributed by atoms with Crippen LogP contribution < -0.4 is 15.6 Å². The van der Waals surface area contributed by atoms with Gasteiger partial charge in [-0.15, -0.1) is 11.3 Å². The first-order valence-electron chi connectivity index (χ1n) is 10.5. The van der Waals surface area contributed by atoms with E-state index in [0.29, 0.717) is 29.2 Å². The second-order valence-corrected chi connectivity index (χ2v) is 9.28. The van der Waals surface area contributed by atoms with E-state index >= 15 is 0 Å². The van der Waals surface area contributed by atoms with Crippen molar-refractivity contribution in [3.8, 4) is 5.75 Å². The summed E-state index contributed by atoms with van der Waals surface area (Å²) in [7, 11) is 5.42. The lowest BCUT2D eigenvalue weighted by atomic mass is 9.97. The second kappa shape index (κ2) is 8.80. The molecular weight excluding hydrogens is 412 g/mol. The van der Waals surface area contributed by atoms with Gasteiger partial charge in [0.1, 0.15) is 22.4 Å². The topological polar surface area (TPSA) is 76.5 Å². The van der Waals surface area contributed by atoms with Gasteiger partial charge in [0.15, 0.2) is 0 Å². The summed E-state index contributed by atoms with van der Waals surface area (Å²) in [4.78, 5) is 35.7. The number of thiophene rings is 1. The predicted octanol–water partition coefficient (Wildman–Crippen LogP) is 3.61. The zero-order chi connectivity index (χ0) is 22.1. The fraction of sp³-hybridized carbons (Fsp3) is 0.435. The van der Waals surface area contributed by atoms with Gasteiger partial charge in [-0.3, -0.25) is 14.2 Å². The summed E-state index contributed by atoms with van der Waals surface area (Å²) >= 11 is 1.63. The fourth-order valence-electron chi connectivity index (χ4n) is 4.16. The third-order valence-electron chi connectivity index (χ3n) is 5.68. The molecule has 0 bridgehead atoms. The van der Waals surface area contributed by atoms with E-state index in [-0.39, 0.29) is 11.5 Å². The first-order chi connectivity index (χ1) is 14.9. The van der Waals surface area contributed by atoms with Crippen molar-refractivity contribution >= 4 is 33.1 Å². The molecule has 2 heterocycles. The largest absolute Gasteiger partial charge is 0.495 e. The third-order valence-corrected chi connectivity index (χ3v) is 6.87. The molecule has 0 saturated carbocycles. The van der Waals surface area contributed by atoms with E-state index in [1.165, 1.54) is 4.88 Å². The molecule has 0 saturated heterocycles. The maximum atomic E-state index is 13.7. The number of hydrogen-bond donors (Lipinski definition) is 1. The Morgan fingerprint density at radius 2 is 2.03 bits per heavy atom. The number of fused-ring (bicyclic) bond motifs is 3. The number of anilines is 1. The number of aromatic nitrogens is 2.